The number of hydrogen-bond donors (Lipinski definition) is 1. The number of hydrogen-bond acceptors (Lipinski definition) is 5. The maximum atomic E-state index is 12.9. The molecular formula is C26H26N4O2. The van der Waals surface area contributed by atoms with Gasteiger partial charge in [-0.1, -0.05) is 36.4 Å². The molecule has 0 bridgehead atoms. The average molecular weight is 427 g/mol. The second-order valence-electron chi connectivity index (χ2n) is 8.96. The van der Waals surface area contributed by atoms with Crippen LogP contribution in [0.2, 0.25) is 0 Å². The first-order chi connectivity index (χ1) is 15.4. The number of β-amino-alcohol motifs (C(OH)–C–C–N with tert-alkyl or cyclic N) is 1. The van der Waals surface area contributed by atoms with Gasteiger partial charge in [0.25, 0.3) is 5.56 Å². The second-order valence-corrected chi connectivity index (χ2v) is 8.96. The third kappa shape index (κ3) is 3.67. The lowest BCUT2D eigenvalue weighted by molar-refractivity contribution is 0.169. The predicted molar refractivity (Wildman–Crippen MR) is 127 cm³/mol. The highest BCUT2D eigenvalue weighted by Crippen LogP contribution is 2.33. The van der Waals surface area contributed by atoms with E-state index in [2.05, 4.69) is 29.8 Å². The Labute approximate surface area is 186 Å². The Kier molecular flexibility index (Phi) is 5.02. The lowest BCUT2D eigenvalue weighted by atomic mass is 9.94. The molecule has 2 aromatic heterocycles. The highest BCUT2D eigenvalue weighted by molar-refractivity contribution is 5.83. The van der Waals surface area contributed by atoms with Gasteiger partial charge in [-0.2, -0.15) is 0 Å². The summed E-state index contributed by atoms with van der Waals surface area (Å²) in [7, 11) is 0. The summed E-state index contributed by atoms with van der Waals surface area (Å²) in [6.07, 6.45) is 3.46. The van der Waals surface area contributed by atoms with Gasteiger partial charge in [0.05, 0.1) is 18.3 Å². The number of rotatable bonds is 4. The Hall–Kier alpha value is -3.51. The molecular weight excluding hydrogens is 400 g/mol. The summed E-state index contributed by atoms with van der Waals surface area (Å²) in [6.45, 7) is 5.22. The number of fused-ring (bicyclic) bond motifs is 2. The molecule has 0 aliphatic carbocycles. The maximum Gasteiger partial charge on any atom is 0.255 e. The van der Waals surface area contributed by atoms with Gasteiger partial charge in [-0.15, -0.1) is 0 Å². The van der Waals surface area contributed by atoms with Crippen LogP contribution in [0.25, 0.3) is 22.0 Å². The lowest BCUT2D eigenvalue weighted by Crippen LogP contribution is -2.53. The molecule has 1 aliphatic heterocycles. The van der Waals surface area contributed by atoms with E-state index in [1.165, 1.54) is 0 Å². The topological polar surface area (TPSA) is 71.2 Å². The molecule has 4 aromatic rings. The van der Waals surface area contributed by atoms with Crippen LogP contribution in [0, 0.1) is 0 Å². The number of nitrogens with zero attached hydrogens (tertiary/aromatic N) is 4. The van der Waals surface area contributed by atoms with Gasteiger partial charge in [0.15, 0.2) is 0 Å². The molecule has 1 unspecified atom stereocenters. The summed E-state index contributed by atoms with van der Waals surface area (Å²) in [5, 5.41) is 13.4. The average Bonchev–Trinajstić information content (AvgIpc) is 2.81. The van der Waals surface area contributed by atoms with Crippen molar-refractivity contribution in [3.63, 3.8) is 0 Å². The van der Waals surface area contributed by atoms with E-state index in [9.17, 15) is 9.90 Å². The quantitative estimate of drug-likeness (QED) is 0.530. The zero-order valence-electron chi connectivity index (χ0n) is 18.3. The van der Waals surface area contributed by atoms with Gasteiger partial charge in [0, 0.05) is 36.1 Å². The Bertz CT molecular complexity index is 1330. The Balaban J connectivity index is 1.54. The van der Waals surface area contributed by atoms with Crippen molar-refractivity contribution in [2.75, 3.05) is 11.4 Å². The van der Waals surface area contributed by atoms with Crippen molar-refractivity contribution in [2.24, 2.45) is 0 Å². The van der Waals surface area contributed by atoms with Crippen LogP contribution in [-0.2, 0) is 6.54 Å². The maximum absolute atomic E-state index is 12.9. The number of aliphatic hydroxyl groups excluding tert-OH is 1. The van der Waals surface area contributed by atoms with Crippen molar-refractivity contribution >= 4 is 16.7 Å². The number of benzene rings is 2. The minimum atomic E-state index is -0.716. The number of pyridine rings is 1. The van der Waals surface area contributed by atoms with Crippen LogP contribution >= 0.6 is 0 Å². The standard InChI is InChI=1S/C26H26N4O2/c1-26(2)11-14-29-24(32)16-22(19-9-12-27-13-10-19)28-25(29)30(26)17-23(31)21-8-7-18-5-3-4-6-20(18)15-21/h3-10,12-13,15-16,23,31H,11,14,17H2,1-2H3. The van der Waals surface area contributed by atoms with E-state index in [0.717, 1.165) is 28.3 Å². The molecule has 0 amide bonds. The van der Waals surface area contributed by atoms with Crippen LogP contribution in [0.1, 0.15) is 31.9 Å². The summed E-state index contributed by atoms with van der Waals surface area (Å²) in [5.41, 5.74) is 1.98. The molecule has 1 N–H and O–H groups in total. The molecule has 0 fully saturated rings. The lowest BCUT2D eigenvalue weighted by Gasteiger charge is -2.45. The summed E-state index contributed by atoms with van der Waals surface area (Å²) < 4.78 is 1.71. The van der Waals surface area contributed by atoms with E-state index >= 15 is 0 Å². The number of anilines is 1. The molecule has 0 saturated carbocycles. The molecule has 5 rings (SSSR count). The first-order valence-electron chi connectivity index (χ1n) is 10.9. The van der Waals surface area contributed by atoms with Crippen molar-refractivity contribution in [1.82, 2.24) is 14.5 Å². The molecule has 1 atom stereocenters. The highest BCUT2D eigenvalue weighted by Gasteiger charge is 2.36. The van der Waals surface area contributed by atoms with E-state index in [-0.39, 0.29) is 11.1 Å². The van der Waals surface area contributed by atoms with Crippen molar-refractivity contribution < 1.29 is 5.11 Å². The Morgan fingerprint density at radius 1 is 1.03 bits per heavy atom. The van der Waals surface area contributed by atoms with Gasteiger partial charge in [-0.25, -0.2) is 4.98 Å². The fourth-order valence-corrected chi connectivity index (χ4v) is 4.39. The second kappa shape index (κ2) is 7.88. The molecule has 0 spiro atoms. The van der Waals surface area contributed by atoms with E-state index < -0.39 is 6.10 Å². The van der Waals surface area contributed by atoms with Crippen LogP contribution in [0.15, 0.2) is 77.9 Å². The van der Waals surface area contributed by atoms with Gasteiger partial charge in [-0.3, -0.25) is 14.3 Å². The summed E-state index contributed by atoms with van der Waals surface area (Å²) in [4.78, 5) is 23.9. The van der Waals surface area contributed by atoms with Crippen LogP contribution in [0.5, 0.6) is 0 Å². The fourth-order valence-electron chi connectivity index (χ4n) is 4.39. The van der Waals surface area contributed by atoms with Gasteiger partial charge >= 0.3 is 0 Å². The van der Waals surface area contributed by atoms with E-state index in [1.54, 1.807) is 23.0 Å². The summed E-state index contributed by atoms with van der Waals surface area (Å²) >= 11 is 0. The van der Waals surface area contributed by atoms with Crippen molar-refractivity contribution in [3.8, 4) is 11.3 Å². The minimum absolute atomic E-state index is 0.0810. The fraction of sp³-hybridized carbons (Fsp3) is 0.269. The highest BCUT2D eigenvalue weighted by atomic mass is 16.3. The van der Waals surface area contributed by atoms with E-state index in [1.807, 2.05) is 48.5 Å². The summed E-state index contributed by atoms with van der Waals surface area (Å²) in [5.74, 6) is 0.598. The molecule has 0 radical (unpaired) electrons. The normalized spacial score (nSPS) is 16.0. The van der Waals surface area contributed by atoms with Crippen LogP contribution in [0.3, 0.4) is 0 Å². The van der Waals surface area contributed by atoms with Crippen LogP contribution in [-0.4, -0.2) is 31.7 Å². The molecule has 0 saturated heterocycles. The van der Waals surface area contributed by atoms with Crippen molar-refractivity contribution in [2.45, 2.75) is 38.5 Å². The first-order valence-corrected chi connectivity index (χ1v) is 10.9. The van der Waals surface area contributed by atoms with E-state index in [4.69, 9.17) is 4.98 Å². The SMILES string of the molecule is CC1(C)CCn2c(nc(-c3ccncc3)cc2=O)N1CC(O)c1ccc2ccccc2c1. The monoisotopic (exact) mass is 426 g/mol. The molecule has 3 heterocycles. The van der Waals surface area contributed by atoms with Gasteiger partial charge < -0.3 is 10.0 Å². The minimum Gasteiger partial charge on any atom is -0.387 e. The first kappa shape index (κ1) is 20.4. The molecule has 2 aromatic carbocycles. The van der Waals surface area contributed by atoms with Gasteiger partial charge in [0.1, 0.15) is 0 Å². The van der Waals surface area contributed by atoms with E-state index in [0.29, 0.717) is 24.7 Å². The third-order valence-electron chi connectivity index (χ3n) is 6.40. The predicted octanol–water partition coefficient (Wildman–Crippen LogP) is 4.18. The van der Waals surface area contributed by atoms with Gasteiger partial charge in [0.2, 0.25) is 5.95 Å². The smallest absolute Gasteiger partial charge is 0.255 e. The van der Waals surface area contributed by atoms with Gasteiger partial charge in [-0.05, 0) is 54.8 Å². The largest absolute Gasteiger partial charge is 0.387 e. The van der Waals surface area contributed by atoms with Crippen molar-refractivity contribution in [1.29, 1.82) is 0 Å². The third-order valence-corrected chi connectivity index (χ3v) is 6.40. The van der Waals surface area contributed by atoms with Crippen LogP contribution < -0.4 is 10.5 Å². The van der Waals surface area contributed by atoms with Crippen molar-refractivity contribution in [3.05, 3.63) is 89.0 Å². The zero-order valence-corrected chi connectivity index (χ0v) is 18.3. The Morgan fingerprint density at radius 2 is 1.78 bits per heavy atom. The Morgan fingerprint density at radius 3 is 2.56 bits per heavy atom. The molecule has 6 heteroatoms. The molecule has 162 valence electrons. The van der Waals surface area contributed by atoms with Crippen LogP contribution in [0.4, 0.5) is 5.95 Å². The zero-order chi connectivity index (χ0) is 22.3. The molecule has 1 aliphatic rings. The number of aliphatic hydroxyl groups is 1. The molecule has 32 heavy (non-hydrogen) atoms. The molecule has 6 nitrogen and oxygen atoms in total. The number of aromatic nitrogens is 3. The summed E-state index contributed by atoms with van der Waals surface area (Å²) in [6, 6.07) is 19.4.